The van der Waals surface area contributed by atoms with Crippen molar-refractivity contribution in [1.29, 1.82) is 0 Å². The lowest BCUT2D eigenvalue weighted by atomic mass is 9.91. The molecular weight excluding hydrogens is 614 g/mol. The molecule has 240 valence electrons. The molecule has 5 aromatic rings. The number of aryl methyl sites for hydroxylation is 1. The van der Waals surface area contributed by atoms with Crippen LogP contribution in [0.15, 0.2) is 87.8 Å². The Balaban J connectivity index is 1.51. The lowest BCUT2D eigenvalue weighted by Gasteiger charge is -2.26. The number of allylic oxidation sites excluding steroid dienone is 1. The van der Waals surface area contributed by atoms with Gasteiger partial charge in [-0.05, 0) is 93.6 Å². The van der Waals surface area contributed by atoms with E-state index in [1.165, 1.54) is 11.3 Å². The summed E-state index contributed by atoms with van der Waals surface area (Å²) < 4.78 is 20.4. The Morgan fingerprint density at radius 1 is 0.915 bits per heavy atom. The minimum Gasteiger partial charge on any atom is -0.496 e. The van der Waals surface area contributed by atoms with E-state index < -0.39 is 12.0 Å². The van der Waals surface area contributed by atoms with Crippen molar-refractivity contribution in [1.82, 2.24) is 9.13 Å². The number of thiazole rings is 1. The molecule has 1 atom stereocenters. The summed E-state index contributed by atoms with van der Waals surface area (Å²) in [5, 5.41) is 1.73. The second kappa shape index (κ2) is 12.9. The summed E-state index contributed by atoms with van der Waals surface area (Å²) in [6, 6.07) is 20.1. The second-order valence-electron chi connectivity index (χ2n) is 11.1. The van der Waals surface area contributed by atoms with Crippen molar-refractivity contribution in [3.05, 3.63) is 126 Å². The van der Waals surface area contributed by atoms with E-state index in [9.17, 15) is 14.4 Å². The predicted octanol–water partition coefficient (Wildman–Crippen LogP) is 5.54. The Labute approximate surface area is 275 Å². The Kier molecular flexibility index (Phi) is 8.70. The van der Waals surface area contributed by atoms with Gasteiger partial charge in [-0.1, -0.05) is 41.7 Å². The second-order valence-corrected chi connectivity index (χ2v) is 12.1. The van der Waals surface area contributed by atoms with Crippen LogP contribution in [0.5, 0.6) is 5.75 Å². The van der Waals surface area contributed by atoms with Crippen LogP contribution in [-0.2, 0) is 14.3 Å². The van der Waals surface area contributed by atoms with Gasteiger partial charge in [0.25, 0.3) is 5.56 Å². The van der Waals surface area contributed by atoms with Gasteiger partial charge in [0.2, 0.25) is 0 Å². The summed E-state index contributed by atoms with van der Waals surface area (Å²) in [5.41, 5.74) is 5.48. The first-order valence-corrected chi connectivity index (χ1v) is 16.2. The maximum Gasteiger partial charge on any atom is 0.338 e. The number of ether oxygens (including phenoxy) is 3. The van der Waals surface area contributed by atoms with Gasteiger partial charge in [-0.2, -0.15) is 0 Å². The highest BCUT2D eigenvalue weighted by atomic mass is 32.1. The monoisotopic (exact) mass is 649 g/mol. The van der Waals surface area contributed by atoms with Crippen LogP contribution in [0, 0.1) is 13.8 Å². The quantitative estimate of drug-likeness (QED) is 0.205. The smallest absolute Gasteiger partial charge is 0.338 e. The standard InChI is InChI=1S/C37H35N3O6S/c1-7-45-35(42)24-13-15-26(16-14-24)39-21(3)19-25(23(39)5)20-31-34(41)40-33(32(36(43)46-8-2)22(4)38-37(40)47-31)29-17-18-30(44-6)28-12-10-9-11-27(28)29/h9-20,33H,7-8H2,1-6H3/t33-/m0/s1. The number of benzene rings is 3. The number of rotatable bonds is 8. The molecule has 6 rings (SSSR count). The molecule has 0 fully saturated rings. The fourth-order valence-corrected chi connectivity index (χ4v) is 7.27. The van der Waals surface area contributed by atoms with Gasteiger partial charge >= 0.3 is 11.9 Å². The van der Waals surface area contributed by atoms with Crippen LogP contribution in [0.2, 0.25) is 0 Å². The number of fused-ring (bicyclic) bond motifs is 2. The van der Waals surface area contributed by atoms with Gasteiger partial charge in [0, 0.05) is 22.5 Å². The SMILES string of the molecule is CCOC(=O)C1=C(C)N=c2sc(=Cc3cc(C)n(-c4ccc(C(=O)OCC)cc4)c3C)c(=O)n2[C@H]1c1ccc(OC)c2ccccc12. The Bertz CT molecular complexity index is 2260. The van der Waals surface area contributed by atoms with E-state index in [1.54, 1.807) is 44.6 Å². The minimum absolute atomic E-state index is 0.192. The van der Waals surface area contributed by atoms with Crippen LogP contribution >= 0.6 is 11.3 Å². The van der Waals surface area contributed by atoms with Crippen LogP contribution in [0.1, 0.15) is 59.7 Å². The number of hydrogen-bond donors (Lipinski definition) is 0. The predicted molar refractivity (Wildman–Crippen MR) is 182 cm³/mol. The van der Waals surface area contributed by atoms with E-state index in [0.717, 1.165) is 39.0 Å². The maximum atomic E-state index is 14.4. The number of aromatic nitrogens is 2. The van der Waals surface area contributed by atoms with Crippen molar-refractivity contribution < 1.29 is 23.8 Å². The van der Waals surface area contributed by atoms with Crippen molar-refractivity contribution in [3.8, 4) is 11.4 Å². The summed E-state index contributed by atoms with van der Waals surface area (Å²) in [6.07, 6.45) is 1.88. The average Bonchev–Trinajstić information content (AvgIpc) is 3.52. The van der Waals surface area contributed by atoms with Gasteiger partial charge in [-0.25, -0.2) is 14.6 Å². The van der Waals surface area contributed by atoms with E-state index in [1.807, 2.05) is 74.5 Å². The molecule has 3 heterocycles. The highest BCUT2D eigenvalue weighted by Gasteiger charge is 2.34. The van der Waals surface area contributed by atoms with E-state index in [0.29, 0.717) is 38.5 Å². The average molecular weight is 650 g/mol. The zero-order valence-electron chi connectivity index (χ0n) is 27.1. The summed E-state index contributed by atoms with van der Waals surface area (Å²) in [5.74, 6) is -0.176. The zero-order valence-corrected chi connectivity index (χ0v) is 27.9. The van der Waals surface area contributed by atoms with Crippen LogP contribution in [0.4, 0.5) is 0 Å². The molecule has 0 aliphatic carbocycles. The molecule has 0 amide bonds. The first kappa shape index (κ1) is 31.7. The van der Waals surface area contributed by atoms with Crippen molar-refractivity contribution in [2.75, 3.05) is 20.3 Å². The van der Waals surface area contributed by atoms with Gasteiger partial charge in [0.15, 0.2) is 4.80 Å². The van der Waals surface area contributed by atoms with Crippen LogP contribution in [0.3, 0.4) is 0 Å². The maximum absolute atomic E-state index is 14.4. The van der Waals surface area contributed by atoms with E-state index in [-0.39, 0.29) is 18.1 Å². The molecule has 0 N–H and O–H groups in total. The number of nitrogens with zero attached hydrogens (tertiary/aromatic N) is 3. The van der Waals surface area contributed by atoms with Crippen molar-refractivity contribution in [3.63, 3.8) is 0 Å². The van der Waals surface area contributed by atoms with Crippen LogP contribution in [-0.4, -0.2) is 41.4 Å². The third kappa shape index (κ3) is 5.59. The molecule has 0 radical (unpaired) electrons. The molecular formula is C37H35N3O6S. The first-order valence-electron chi connectivity index (χ1n) is 15.4. The molecule has 3 aromatic carbocycles. The molecule has 0 saturated heterocycles. The van der Waals surface area contributed by atoms with Crippen LogP contribution < -0.4 is 19.6 Å². The minimum atomic E-state index is -0.756. The number of hydrogen-bond acceptors (Lipinski definition) is 8. The molecule has 2 aromatic heterocycles. The van der Waals surface area contributed by atoms with Gasteiger partial charge in [0.05, 0.1) is 47.7 Å². The number of carbonyl (C=O) groups excluding carboxylic acids is 2. The highest BCUT2D eigenvalue weighted by molar-refractivity contribution is 7.07. The Hall–Kier alpha value is -5.22. The van der Waals surface area contributed by atoms with Gasteiger partial charge < -0.3 is 18.8 Å². The lowest BCUT2D eigenvalue weighted by molar-refractivity contribution is -0.139. The van der Waals surface area contributed by atoms with E-state index in [4.69, 9.17) is 19.2 Å². The zero-order chi connectivity index (χ0) is 33.4. The fraction of sp³-hybridized carbons (Fsp3) is 0.243. The van der Waals surface area contributed by atoms with E-state index >= 15 is 0 Å². The lowest BCUT2D eigenvalue weighted by Crippen LogP contribution is -2.40. The Morgan fingerprint density at radius 2 is 1.60 bits per heavy atom. The summed E-state index contributed by atoms with van der Waals surface area (Å²) >= 11 is 1.29. The molecule has 0 saturated carbocycles. The molecule has 0 bridgehead atoms. The van der Waals surface area contributed by atoms with Crippen molar-refractivity contribution in [2.45, 2.75) is 40.7 Å². The van der Waals surface area contributed by atoms with Crippen molar-refractivity contribution >= 4 is 40.1 Å². The largest absolute Gasteiger partial charge is 0.496 e. The number of methoxy groups -OCH3 is 1. The molecule has 9 nitrogen and oxygen atoms in total. The molecule has 10 heteroatoms. The van der Waals surface area contributed by atoms with E-state index in [2.05, 4.69) is 4.57 Å². The highest BCUT2D eigenvalue weighted by Crippen LogP contribution is 2.38. The van der Waals surface area contributed by atoms with Gasteiger partial charge in [-0.3, -0.25) is 9.36 Å². The molecule has 0 unspecified atom stereocenters. The molecule has 1 aliphatic rings. The number of esters is 2. The normalized spacial score (nSPS) is 14.6. The third-order valence-corrected chi connectivity index (χ3v) is 9.33. The van der Waals surface area contributed by atoms with Gasteiger partial charge in [-0.15, -0.1) is 0 Å². The summed E-state index contributed by atoms with van der Waals surface area (Å²) in [4.78, 5) is 45.2. The summed E-state index contributed by atoms with van der Waals surface area (Å²) in [6.45, 7) is 9.80. The Morgan fingerprint density at radius 3 is 2.28 bits per heavy atom. The topological polar surface area (TPSA) is 101 Å². The molecule has 47 heavy (non-hydrogen) atoms. The fourth-order valence-electron chi connectivity index (χ4n) is 6.23. The van der Waals surface area contributed by atoms with Crippen molar-refractivity contribution in [2.24, 2.45) is 4.99 Å². The first-order chi connectivity index (χ1) is 22.7. The van der Waals surface area contributed by atoms with Crippen LogP contribution in [0.25, 0.3) is 22.5 Å². The number of carbonyl (C=O) groups is 2. The summed E-state index contributed by atoms with van der Waals surface area (Å²) in [7, 11) is 1.62. The molecule has 0 spiro atoms. The third-order valence-electron chi connectivity index (χ3n) is 8.34. The van der Waals surface area contributed by atoms with Gasteiger partial charge in [0.1, 0.15) is 5.75 Å². The molecule has 1 aliphatic heterocycles.